The summed E-state index contributed by atoms with van der Waals surface area (Å²) in [6, 6.07) is 0. The number of rotatable bonds is 7. The standard InChI is InChI=1S/C14H22N4O3/c1-5-8-15-12(19)9-17(3)14-11(6-7-13(20)21)10(2)16-18(14)4/h6-7H,5,8-9H2,1-4H3,(H,15,19)(H,20,21). The first-order chi connectivity index (χ1) is 9.86. The number of amides is 1. The van der Waals surface area contributed by atoms with Crippen molar-refractivity contribution in [3.8, 4) is 0 Å². The van der Waals surface area contributed by atoms with Gasteiger partial charge >= 0.3 is 5.97 Å². The maximum atomic E-state index is 11.8. The summed E-state index contributed by atoms with van der Waals surface area (Å²) in [6.45, 7) is 4.62. The van der Waals surface area contributed by atoms with E-state index in [0.29, 0.717) is 23.6 Å². The van der Waals surface area contributed by atoms with E-state index in [4.69, 9.17) is 5.11 Å². The molecule has 7 nitrogen and oxygen atoms in total. The largest absolute Gasteiger partial charge is 0.478 e. The Morgan fingerprint density at radius 2 is 2.14 bits per heavy atom. The lowest BCUT2D eigenvalue weighted by atomic mass is 10.2. The highest BCUT2D eigenvalue weighted by Crippen LogP contribution is 2.23. The molecular weight excluding hydrogens is 272 g/mol. The van der Waals surface area contributed by atoms with Crippen molar-refractivity contribution in [2.24, 2.45) is 7.05 Å². The van der Waals surface area contributed by atoms with Gasteiger partial charge in [0.15, 0.2) is 0 Å². The molecular formula is C14H22N4O3. The molecule has 1 heterocycles. The number of anilines is 1. The van der Waals surface area contributed by atoms with Crippen molar-refractivity contribution in [2.75, 3.05) is 25.0 Å². The predicted molar refractivity (Wildman–Crippen MR) is 81.2 cm³/mol. The van der Waals surface area contributed by atoms with E-state index in [1.807, 2.05) is 6.92 Å². The second-order valence-electron chi connectivity index (χ2n) is 4.82. The van der Waals surface area contributed by atoms with Crippen LogP contribution in [0.2, 0.25) is 0 Å². The number of aryl methyl sites for hydroxylation is 2. The van der Waals surface area contributed by atoms with Crippen molar-refractivity contribution in [3.63, 3.8) is 0 Å². The zero-order chi connectivity index (χ0) is 16.0. The van der Waals surface area contributed by atoms with Gasteiger partial charge in [0.05, 0.1) is 12.2 Å². The molecule has 0 aliphatic rings. The third kappa shape index (κ3) is 4.62. The number of carboxylic acid groups (broad SMARTS) is 1. The number of carboxylic acids is 1. The number of nitrogens with zero attached hydrogens (tertiary/aromatic N) is 3. The first-order valence-corrected chi connectivity index (χ1v) is 6.79. The lowest BCUT2D eigenvalue weighted by Gasteiger charge is -2.19. The molecule has 0 spiro atoms. The Bertz CT molecular complexity index is 549. The Labute approximate surface area is 124 Å². The smallest absolute Gasteiger partial charge is 0.328 e. The van der Waals surface area contributed by atoms with Crippen LogP contribution in [0.4, 0.5) is 5.82 Å². The Kier molecular flexibility index (Phi) is 5.95. The number of nitrogens with one attached hydrogen (secondary N) is 1. The van der Waals surface area contributed by atoms with Crippen molar-refractivity contribution in [2.45, 2.75) is 20.3 Å². The van der Waals surface area contributed by atoms with Crippen molar-refractivity contribution in [1.29, 1.82) is 0 Å². The highest BCUT2D eigenvalue weighted by molar-refractivity contribution is 5.87. The molecule has 0 fully saturated rings. The van der Waals surface area contributed by atoms with Crippen molar-refractivity contribution in [1.82, 2.24) is 15.1 Å². The highest BCUT2D eigenvalue weighted by atomic mass is 16.4. The van der Waals surface area contributed by atoms with Gasteiger partial charge < -0.3 is 15.3 Å². The first kappa shape index (κ1) is 16.7. The van der Waals surface area contributed by atoms with Crippen LogP contribution >= 0.6 is 0 Å². The minimum absolute atomic E-state index is 0.0774. The van der Waals surface area contributed by atoms with Gasteiger partial charge in [-0.15, -0.1) is 0 Å². The van der Waals surface area contributed by atoms with Gasteiger partial charge in [0.1, 0.15) is 5.82 Å². The molecule has 0 atom stereocenters. The maximum absolute atomic E-state index is 11.8. The summed E-state index contributed by atoms with van der Waals surface area (Å²) in [7, 11) is 3.54. The molecule has 0 aliphatic carbocycles. The van der Waals surface area contributed by atoms with Crippen LogP contribution in [0, 0.1) is 6.92 Å². The SMILES string of the molecule is CCCNC(=O)CN(C)c1c(C=CC(=O)O)c(C)nn1C. The number of hydrogen-bond donors (Lipinski definition) is 2. The molecule has 0 radical (unpaired) electrons. The summed E-state index contributed by atoms with van der Waals surface area (Å²) in [5.41, 5.74) is 1.41. The monoisotopic (exact) mass is 294 g/mol. The number of hydrogen-bond acceptors (Lipinski definition) is 4. The molecule has 1 rings (SSSR count). The molecule has 1 aromatic rings. The number of likely N-dealkylation sites (N-methyl/N-ethyl adjacent to an activating group) is 1. The van der Waals surface area contributed by atoms with Crippen LogP contribution in [0.25, 0.3) is 6.08 Å². The number of carbonyl (C=O) groups excluding carboxylic acids is 1. The van der Waals surface area contributed by atoms with E-state index in [9.17, 15) is 9.59 Å². The molecule has 7 heteroatoms. The van der Waals surface area contributed by atoms with E-state index < -0.39 is 5.97 Å². The van der Waals surface area contributed by atoms with Crippen LogP contribution in [-0.4, -0.2) is 46.9 Å². The van der Waals surface area contributed by atoms with Crippen LogP contribution in [-0.2, 0) is 16.6 Å². The average molecular weight is 294 g/mol. The second kappa shape index (κ2) is 7.47. The average Bonchev–Trinajstić information content (AvgIpc) is 2.68. The summed E-state index contributed by atoms with van der Waals surface area (Å²) in [6.07, 6.45) is 3.45. The molecule has 1 amide bonds. The molecule has 2 N–H and O–H groups in total. The van der Waals surface area contributed by atoms with Crippen LogP contribution in [0.5, 0.6) is 0 Å². The molecule has 0 aromatic carbocycles. The molecule has 21 heavy (non-hydrogen) atoms. The summed E-state index contributed by atoms with van der Waals surface area (Å²) < 4.78 is 1.64. The topological polar surface area (TPSA) is 87.5 Å². The van der Waals surface area contributed by atoms with Gasteiger partial charge in [0.25, 0.3) is 0 Å². The number of carbonyl (C=O) groups is 2. The maximum Gasteiger partial charge on any atom is 0.328 e. The lowest BCUT2D eigenvalue weighted by molar-refractivity contribution is -0.131. The molecule has 0 unspecified atom stereocenters. The first-order valence-electron chi connectivity index (χ1n) is 6.79. The quantitative estimate of drug-likeness (QED) is 0.726. The number of aromatic nitrogens is 2. The van der Waals surface area contributed by atoms with E-state index in [0.717, 1.165) is 12.5 Å². The Hall–Kier alpha value is -2.31. The van der Waals surface area contributed by atoms with E-state index in [-0.39, 0.29) is 12.5 Å². The molecule has 0 bridgehead atoms. The van der Waals surface area contributed by atoms with Crippen LogP contribution in [0.1, 0.15) is 24.6 Å². The fourth-order valence-corrected chi connectivity index (χ4v) is 2.08. The van der Waals surface area contributed by atoms with Crippen LogP contribution in [0.15, 0.2) is 6.08 Å². The third-order valence-corrected chi connectivity index (χ3v) is 2.94. The van der Waals surface area contributed by atoms with Gasteiger partial charge in [-0.05, 0) is 19.4 Å². The Morgan fingerprint density at radius 1 is 1.48 bits per heavy atom. The van der Waals surface area contributed by atoms with Crippen molar-refractivity contribution >= 4 is 23.8 Å². The summed E-state index contributed by atoms with van der Waals surface area (Å²) in [5.74, 6) is -0.393. The molecule has 0 saturated heterocycles. The summed E-state index contributed by atoms with van der Waals surface area (Å²) in [4.78, 5) is 24.2. The molecule has 116 valence electrons. The van der Waals surface area contributed by atoms with E-state index in [1.54, 1.807) is 30.6 Å². The summed E-state index contributed by atoms with van der Waals surface area (Å²) in [5, 5.41) is 15.8. The molecule has 0 aliphatic heterocycles. The van der Waals surface area contributed by atoms with Gasteiger partial charge in [-0.1, -0.05) is 6.92 Å². The Balaban J connectivity index is 2.95. The van der Waals surface area contributed by atoms with Crippen molar-refractivity contribution in [3.05, 3.63) is 17.3 Å². The lowest BCUT2D eigenvalue weighted by Crippen LogP contribution is -2.36. The van der Waals surface area contributed by atoms with E-state index >= 15 is 0 Å². The summed E-state index contributed by atoms with van der Waals surface area (Å²) >= 11 is 0. The zero-order valence-electron chi connectivity index (χ0n) is 12.9. The van der Waals surface area contributed by atoms with Gasteiger partial charge in [-0.2, -0.15) is 5.10 Å². The molecule has 1 aromatic heterocycles. The minimum Gasteiger partial charge on any atom is -0.478 e. The van der Waals surface area contributed by atoms with Crippen LogP contribution in [0.3, 0.4) is 0 Å². The highest BCUT2D eigenvalue weighted by Gasteiger charge is 2.17. The van der Waals surface area contributed by atoms with E-state index in [2.05, 4.69) is 10.4 Å². The normalized spacial score (nSPS) is 10.9. The zero-order valence-corrected chi connectivity index (χ0v) is 12.9. The Morgan fingerprint density at radius 3 is 2.71 bits per heavy atom. The van der Waals surface area contributed by atoms with Crippen LogP contribution < -0.4 is 10.2 Å². The molecule has 0 saturated carbocycles. The minimum atomic E-state index is -1.02. The fourth-order valence-electron chi connectivity index (χ4n) is 2.08. The number of aliphatic carboxylic acids is 1. The van der Waals surface area contributed by atoms with Gasteiger partial charge in [0.2, 0.25) is 5.91 Å². The van der Waals surface area contributed by atoms with Gasteiger partial charge in [0, 0.05) is 32.3 Å². The fraction of sp³-hybridized carbons (Fsp3) is 0.500. The third-order valence-electron chi connectivity index (χ3n) is 2.94. The van der Waals surface area contributed by atoms with Gasteiger partial charge in [-0.3, -0.25) is 9.48 Å². The second-order valence-corrected chi connectivity index (χ2v) is 4.82. The van der Waals surface area contributed by atoms with Gasteiger partial charge in [-0.25, -0.2) is 4.79 Å². The van der Waals surface area contributed by atoms with E-state index in [1.165, 1.54) is 6.08 Å². The predicted octanol–water partition coefficient (Wildman–Crippen LogP) is 0.789. The van der Waals surface area contributed by atoms with Crippen molar-refractivity contribution < 1.29 is 14.7 Å².